The lowest BCUT2D eigenvalue weighted by Gasteiger charge is -2.26. The lowest BCUT2D eigenvalue weighted by molar-refractivity contribution is 0.249. The molecule has 0 aromatic carbocycles. The van der Waals surface area contributed by atoms with Gasteiger partial charge in [-0.15, -0.1) is 0 Å². The Kier molecular flexibility index (Phi) is 6.45. The first-order valence-corrected chi connectivity index (χ1v) is 5.97. The smallest absolute Gasteiger partial charge is 0.0384 e. The molecule has 0 rings (SSSR count). The second kappa shape index (κ2) is 6.45. The zero-order valence-corrected chi connectivity index (χ0v) is 10.4. The molecule has 0 saturated heterocycles. The van der Waals surface area contributed by atoms with E-state index in [0.717, 1.165) is 23.7 Å². The van der Waals surface area contributed by atoms with E-state index in [1.807, 2.05) is 0 Å². The maximum atomic E-state index is 2.41. The summed E-state index contributed by atoms with van der Waals surface area (Å²) < 4.78 is 0. The van der Waals surface area contributed by atoms with Crippen molar-refractivity contribution in [2.24, 2.45) is 23.7 Å². The van der Waals surface area contributed by atoms with E-state index in [9.17, 15) is 0 Å². The highest BCUT2D eigenvalue weighted by molar-refractivity contribution is 4.68. The molecule has 0 N–H and O–H groups in total. The third-order valence-corrected chi connectivity index (χ3v) is 3.00. The van der Waals surface area contributed by atoms with Crippen molar-refractivity contribution in [3.05, 3.63) is 0 Å². The van der Waals surface area contributed by atoms with Crippen molar-refractivity contribution >= 4 is 0 Å². The average molecular weight is 184 g/mol. The Bertz CT molecular complexity index is 103. The molecule has 0 heterocycles. The summed E-state index contributed by atoms with van der Waals surface area (Å²) in [4.78, 5) is 0. The Morgan fingerprint density at radius 1 is 0.769 bits per heavy atom. The molecule has 0 aliphatic rings. The minimum Gasteiger partial charge on any atom is -0.0651 e. The molecule has 0 aromatic heterocycles. The summed E-state index contributed by atoms with van der Waals surface area (Å²) in [5.74, 6) is 3.57. The summed E-state index contributed by atoms with van der Waals surface area (Å²) in [7, 11) is 0. The van der Waals surface area contributed by atoms with E-state index in [-0.39, 0.29) is 0 Å². The monoisotopic (exact) mass is 184 g/mol. The molecule has 80 valence electrons. The van der Waals surface area contributed by atoms with Crippen LogP contribution in [0.4, 0.5) is 0 Å². The van der Waals surface area contributed by atoms with Gasteiger partial charge in [-0.05, 0) is 36.5 Å². The van der Waals surface area contributed by atoms with Crippen LogP contribution in [-0.4, -0.2) is 0 Å². The summed E-state index contributed by atoms with van der Waals surface area (Å²) in [5.41, 5.74) is 0. The average Bonchev–Trinajstić information content (AvgIpc) is 2.00. The third kappa shape index (κ3) is 6.12. The van der Waals surface area contributed by atoms with Gasteiger partial charge >= 0.3 is 0 Å². The van der Waals surface area contributed by atoms with Gasteiger partial charge < -0.3 is 0 Å². The molecule has 0 aliphatic carbocycles. The second-order valence-corrected chi connectivity index (χ2v) is 5.40. The summed E-state index contributed by atoms with van der Waals surface area (Å²) in [6, 6.07) is 0. The lowest BCUT2D eigenvalue weighted by Crippen LogP contribution is -2.16. The first-order chi connectivity index (χ1) is 5.97. The third-order valence-electron chi connectivity index (χ3n) is 3.00. The standard InChI is InChI=1S/C13H28/c1-7-12(6)13(8-10(2)3)9-11(4)5/h10-13H,7-9H2,1-6H3. The zero-order valence-electron chi connectivity index (χ0n) is 10.4. The van der Waals surface area contributed by atoms with Crippen molar-refractivity contribution in [1.82, 2.24) is 0 Å². The maximum Gasteiger partial charge on any atom is -0.0384 e. The Balaban J connectivity index is 4.02. The number of hydrogen-bond acceptors (Lipinski definition) is 0. The van der Waals surface area contributed by atoms with Crippen molar-refractivity contribution in [1.29, 1.82) is 0 Å². The summed E-state index contributed by atoms with van der Waals surface area (Å²) in [6.45, 7) is 14.1. The van der Waals surface area contributed by atoms with E-state index in [4.69, 9.17) is 0 Å². The molecule has 13 heavy (non-hydrogen) atoms. The van der Waals surface area contributed by atoms with Crippen molar-refractivity contribution in [2.75, 3.05) is 0 Å². The van der Waals surface area contributed by atoms with Gasteiger partial charge in [-0.3, -0.25) is 0 Å². The predicted octanol–water partition coefficient (Wildman–Crippen LogP) is 4.74. The van der Waals surface area contributed by atoms with Crippen LogP contribution in [0.15, 0.2) is 0 Å². The molecule has 0 fully saturated rings. The molecule has 0 aliphatic heterocycles. The molecule has 0 radical (unpaired) electrons. The molecule has 0 aromatic rings. The van der Waals surface area contributed by atoms with Crippen molar-refractivity contribution in [2.45, 2.75) is 60.8 Å². The minimum atomic E-state index is 0.859. The van der Waals surface area contributed by atoms with Gasteiger partial charge in [0.05, 0.1) is 0 Å². The Labute approximate surface area is 85.1 Å². The van der Waals surface area contributed by atoms with Gasteiger partial charge in [0.15, 0.2) is 0 Å². The molecule has 0 nitrogen and oxygen atoms in total. The molecule has 1 atom stereocenters. The molecule has 0 heteroatoms. The first-order valence-electron chi connectivity index (χ1n) is 5.97. The summed E-state index contributed by atoms with van der Waals surface area (Å²) >= 11 is 0. The van der Waals surface area contributed by atoms with Crippen molar-refractivity contribution in [3.63, 3.8) is 0 Å². The van der Waals surface area contributed by atoms with Crippen molar-refractivity contribution in [3.8, 4) is 0 Å². The Morgan fingerprint density at radius 3 is 1.38 bits per heavy atom. The van der Waals surface area contributed by atoms with E-state index in [1.165, 1.54) is 19.3 Å². The topological polar surface area (TPSA) is 0 Å². The largest absolute Gasteiger partial charge is 0.0651 e. The van der Waals surface area contributed by atoms with Gasteiger partial charge in [0.1, 0.15) is 0 Å². The fourth-order valence-corrected chi connectivity index (χ4v) is 2.11. The van der Waals surface area contributed by atoms with Crippen LogP contribution in [0, 0.1) is 23.7 Å². The van der Waals surface area contributed by atoms with Gasteiger partial charge in [0, 0.05) is 0 Å². The second-order valence-electron chi connectivity index (χ2n) is 5.40. The van der Waals surface area contributed by atoms with Gasteiger partial charge in [-0.25, -0.2) is 0 Å². The number of hydrogen-bond donors (Lipinski definition) is 0. The Morgan fingerprint density at radius 2 is 1.15 bits per heavy atom. The van der Waals surface area contributed by atoms with E-state index in [2.05, 4.69) is 41.5 Å². The van der Waals surface area contributed by atoms with E-state index in [1.54, 1.807) is 0 Å². The molecule has 0 saturated carbocycles. The predicted molar refractivity (Wildman–Crippen MR) is 61.9 cm³/mol. The van der Waals surface area contributed by atoms with Crippen LogP contribution in [0.1, 0.15) is 60.8 Å². The van der Waals surface area contributed by atoms with E-state index in [0.29, 0.717) is 0 Å². The molecule has 1 unspecified atom stereocenters. The molecule has 0 spiro atoms. The van der Waals surface area contributed by atoms with Crippen LogP contribution >= 0.6 is 0 Å². The fraction of sp³-hybridized carbons (Fsp3) is 1.00. The highest BCUT2D eigenvalue weighted by Crippen LogP contribution is 2.28. The maximum absolute atomic E-state index is 2.41. The first kappa shape index (κ1) is 13.0. The van der Waals surface area contributed by atoms with Gasteiger partial charge in [-0.1, -0.05) is 48.0 Å². The summed E-state index contributed by atoms with van der Waals surface area (Å²) in [6.07, 6.45) is 4.16. The van der Waals surface area contributed by atoms with E-state index >= 15 is 0 Å². The molecular weight excluding hydrogens is 156 g/mol. The highest BCUT2D eigenvalue weighted by Gasteiger charge is 2.18. The summed E-state index contributed by atoms with van der Waals surface area (Å²) in [5, 5.41) is 0. The normalized spacial score (nSPS) is 14.5. The molecule has 0 bridgehead atoms. The van der Waals surface area contributed by atoms with Crippen LogP contribution in [0.2, 0.25) is 0 Å². The zero-order chi connectivity index (χ0) is 10.4. The quantitative estimate of drug-likeness (QED) is 0.559. The fourth-order valence-electron chi connectivity index (χ4n) is 2.11. The van der Waals surface area contributed by atoms with Crippen LogP contribution in [-0.2, 0) is 0 Å². The molecule has 0 amide bonds. The van der Waals surface area contributed by atoms with Gasteiger partial charge in [0.2, 0.25) is 0 Å². The van der Waals surface area contributed by atoms with Crippen molar-refractivity contribution < 1.29 is 0 Å². The SMILES string of the molecule is CCC(C)C(CC(C)C)CC(C)C. The van der Waals surface area contributed by atoms with Crippen LogP contribution < -0.4 is 0 Å². The van der Waals surface area contributed by atoms with E-state index < -0.39 is 0 Å². The van der Waals surface area contributed by atoms with Gasteiger partial charge in [-0.2, -0.15) is 0 Å². The highest BCUT2D eigenvalue weighted by atomic mass is 14.2. The van der Waals surface area contributed by atoms with Crippen LogP contribution in [0.3, 0.4) is 0 Å². The Hall–Kier alpha value is 0. The molecular formula is C13H28. The van der Waals surface area contributed by atoms with Crippen LogP contribution in [0.5, 0.6) is 0 Å². The lowest BCUT2D eigenvalue weighted by atomic mass is 9.80. The van der Waals surface area contributed by atoms with Crippen LogP contribution in [0.25, 0.3) is 0 Å². The van der Waals surface area contributed by atoms with Gasteiger partial charge in [0.25, 0.3) is 0 Å². The minimum absolute atomic E-state index is 0.859. The number of rotatable bonds is 6.